The van der Waals surface area contributed by atoms with Gasteiger partial charge in [0.2, 0.25) is 0 Å². The number of anilines is 1. The molecule has 3 aromatic rings. The Labute approximate surface area is 222 Å². The van der Waals surface area contributed by atoms with E-state index in [1.807, 2.05) is 36.4 Å². The second-order valence-corrected chi connectivity index (χ2v) is 9.78. The molecule has 3 heterocycles. The molecule has 1 aromatic heterocycles. The van der Waals surface area contributed by atoms with Gasteiger partial charge in [-0.3, -0.25) is 14.2 Å². The number of methoxy groups -OCH3 is 1. The number of carbonyl (C=O) groups is 2. The summed E-state index contributed by atoms with van der Waals surface area (Å²) < 4.78 is 12.7. The lowest BCUT2D eigenvalue weighted by atomic mass is 9.95. The lowest BCUT2D eigenvalue weighted by Crippen LogP contribution is -2.40. The summed E-state index contributed by atoms with van der Waals surface area (Å²) in [5, 5.41) is 5.79. The van der Waals surface area contributed by atoms with Crippen molar-refractivity contribution in [3.63, 3.8) is 0 Å². The zero-order valence-electron chi connectivity index (χ0n) is 21.4. The van der Waals surface area contributed by atoms with Crippen molar-refractivity contribution in [1.29, 1.82) is 0 Å². The van der Waals surface area contributed by atoms with Crippen LogP contribution in [-0.4, -0.2) is 35.9 Å². The Morgan fingerprint density at radius 2 is 1.79 bits per heavy atom. The van der Waals surface area contributed by atoms with Crippen LogP contribution in [0.1, 0.15) is 32.4 Å². The first-order chi connectivity index (χ1) is 18.3. The van der Waals surface area contributed by atoms with E-state index in [1.165, 1.54) is 28.0 Å². The third-order valence-electron chi connectivity index (χ3n) is 6.45. The van der Waals surface area contributed by atoms with Crippen molar-refractivity contribution in [1.82, 2.24) is 4.57 Å². The highest BCUT2D eigenvalue weighted by Crippen LogP contribution is 2.35. The molecule has 194 valence electrons. The van der Waals surface area contributed by atoms with Crippen LogP contribution in [0.5, 0.6) is 5.75 Å². The van der Waals surface area contributed by atoms with Crippen LogP contribution in [0.15, 0.2) is 80.8 Å². The van der Waals surface area contributed by atoms with Gasteiger partial charge in [-0.15, -0.1) is 0 Å². The first kappa shape index (κ1) is 25.3. The Hall–Kier alpha value is -4.31. The van der Waals surface area contributed by atoms with Crippen molar-refractivity contribution in [2.75, 3.05) is 18.7 Å². The predicted octanol–water partition coefficient (Wildman–Crippen LogP) is 2.80. The van der Waals surface area contributed by atoms with E-state index in [0.29, 0.717) is 37.7 Å². The molecule has 2 aliphatic heterocycles. The number of amides is 1. The van der Waals surface area contributed by atoms with E-state index in [0.717, 1.165) is 0 Å². The molecule has 0 bridgehead atoms. The number of carbonyl (C=O) groups excluding carboxylic acids is 2. The monoisotopic (exact) mass is 530 g/mol. The Bertz CT molecular complexity index is 1670. The zero-order chi connectivity index (χ0) is 27.0. The van der Waals surface area contributed by atoms with E-state index >= 15 is 0 Å². The summed E-state index contributed by atoms with van der Waals surface area (Å²) in [6.45, 7) is 5.39. The largest absolute Gasteiger partial charge is 0.496 e. The van der Waals surface area contributed by atoms with Crippen LogP contribution in [0.25, 0.3) is 6.08 Å². The van der Waals surface area contributed by atoms with Gasteiger partial charge < -0.3 is 9.47 Å². The molecule has 0 saturated carbocycles. The van der Waals surface area contributed by atoms with E-state index in [9.17, 15) is 14.4 Å². The molecule has 9 nitrogen and oxygen atoms in total. The van der Waals surface area contributed by atoms with Crippen LogP contribution >= 0.6 is 11.3 Å². The molecule has 2 atom stereocenters. The number of fused-ring (bicyclic) bond motifs is 1. The molecule has 5 rings (SSSR count). The Kier molecular flexibility index (Phi) is 6.81. The van der Waals surface area contributed by atoms with E-state index in [1.54, 1.807) is 45.0 Å². The number of benzene rings is 2. The maximum absolute atomic E-state index is 13.9. The number of hydrazone groups is 1. The van der Waals surface area contributed by atoms with Gasteiger partial charge in [0.05, 0.1) is 40.9 Å². The number of para-hydroxylation sites is 2. The number of nitrogens with zero attached hydrogens (tertiary/aromatic N) is 4. The van der Waals surface area contributed by atoms with Gasteiger partial charge in [0.15, 0.2) is 4.80 Å². The van der Waals surface area contributed by atoms with Crippen molar-refractivity contribution in [2.45, 2.75) is 26.8 Å². The second kappa shape index (κ2) is 10.2. The lowest BCUT2D eigenvalue weighted by Gasteiger charge is -2.25. The molecule has 0 unspecified atom stereocenters. The topological polar surface area (TPSA) is 103 Å². The zero-order valence-corrected chi connectivity index (χ0v) is 22.2. The summed E-state index contributed by atoms with van der Waals surface area (Å²) >= 11 is 1.17. The van der Waals surface area contributed by atoms with Gasteiger partial charge in [-0.25, -0.2) is 9.79 Å². The summed E-state index contributed by atoms with van der Waals surface area (Å²) in [6.07, 6.45) is 1.64. The van der Waals surface area contributed by atoms with Gasteiger partial charge in [0, 0.05) is 5.56 Å². The number of allylic oxidation sites excluding steroid dienone is 1. The SMILES string of the molecule is CCOC(=O)C1=C(C)N=c2s/c(=C/[C@H]3C(=O)N(c4ccccc4)N=C3C)c(=O)n2[C@@H]1c1ccccc1OC. The highest BCUT2D eigenvalue weighted by atomic mass is 32.1. The quantitative estimate of drug-likeness (QED) is 0.456. The maximum atomic E-state index is 13.9. The third kappa shape index (κ3) is 4.26. The average Bonchev–Trinajstić information content (AvgIpc) is 3.38. The van der Waals surface area contributed by atoms with Crippen molar-refractivity contribution < 1.29 is 19.1 Å². The molecule has 0 fully saturated rings. The molecule has 0 N–H and O–H groups in total. The summed E-state index contributed by atoms with van der Waals surface area (Å²) in [6, 6.07) is 15.6. The highest BCUT2D eigenvalue weighted by Gasteiger charge is 2.36. The normalized spacial score (nSPS) is 19.3. The lowest BCUT2D eigenvalue weighted by molar-refractivity contribution is -0.139. The van der Waals surface area contributed by atoms with E-state index in [4.69, 9.17) is 9.47 Å². The van der Waals surface area contributed by atoms with Crippen LogP contribution in [-0.2, 0) is 14.3 Å². The molecular weight excluding hydrogens is 504 g/mol. The minimum Gasteiger partial charge on any atom is -0.496 e. The van der Waals surface area contributed by atoms with Gasteiger partial charge in [-0.2, -0.15) is 10.1 Å². The van der Waals surface area contributed by atoms with Crippen LogP contribution in [0.2, 0.25) is 0 Å². The first-order valence-corrected chi connectivity index (χ1v) is 12.9. The van der Waals surface area contributed by atoms with Gasteiger partial charge in [-0.05, 0) is 45.0 Å². The number of thiazole rings is 1. The first-order valence-electron chi connectivity index (χ1n) is 12.1. The van der Waals surface area contributed by atoms with Crippen LogP contribution in [0, 0.1) is 5.92 Å². The van der Waals surface area contributed by atoms with Crippen molar-refractivity contribution in [3.05, 3.63) is 91.1 Å². The molecule has 10 heteroatoms. The fraction of sp³-hybridized carbons (Fsp3) is 0.250. The molecule has 38 heavy (non-hydrogen) atoms. The molecular formula is C28H26N4O5S. The van der Waals surface area contributed by atoms with Crippen LogP contribution < -0.4 is 24.6 Å². The number of hydrogen-bond donors (Lipinski definition) is 0. The van der Waals surface area contributed by atoms with Crippen LogP contribution in [0.3, 0.4) is 0 Å². The number of aromatic nitrogens is 1. The van der Waals surface area contributed by atoms with E-state index in [-0.39, 0.29) is 23.6 Å². The van der Waals surface area contributed by atoms with Crippen LogP contribution in [0.4, 0.5) is 5.69 Å². The summed E-state index contributed by atoms with van der Waals surface area (Å²) in [7, 11) is 1.54. The number of esters is 1. The fourth-order valence-electron chi connectivity index (χ4n) is 4.67. The summed E-state index contributed by atoms with van der Waals surface area (Å²) in [5.41, 5.74) is 2.22. The van der Waals surface area contributed by atoms with Gasteiger partial charge in [-0.1, -0.05) is 47.7 Å². The number of hydrogen-bond acceptors (Lipinski definition) is 8. The van der Waals surface area contributed by atoms with Crippen molar-refractivity contribution >= 4 is 40.7 Å². The molecule has 0 saturated heterocycles. The van der Waals surface area contributed by atoms with E-state index in [2.05, 4.69) is 10.1 Å². The predicted molar refractivity (Wildman–Crippen MR) is 145 cm³/mol. The molecule has 2 aliphatic rings. The molecule has 0 radical (unpaired) electrons. The van der Waals surface area contributed by atoms with Crippen molar-refractivity contribution in [3.8, 4) is 5.75 Å². The second-order valence-electron chi connectivity index (χ2n) is 8.77. The molecule has 0 spiro atoms. The molecule has 1 amide bonds. The number of rotatable bonds is 6. The summed E-state index contributed by atoms with van der Waals surface area (Å²) in [4.78, 5) is 45.3. The number of ether oxygens (including phenoxy) is 2. The van der Waals surface area contributed by atoms with Gasteiger partial charge >= 0.3 is 5.97 Å². The smallest absolute Gasteiger partial charge is 0.338 e. The minimum absolute atomic E-state index is 0.180. The standard InChI is InChI=1S/C28H26N4O5S/c1-5-37-27(35)23-17(3)29-28-31(24(23)19-13-9-10-14-21(19)36-4)26(34)22(38-28)15-20-16(2)30-32(25(20)33)18-11-7-6-8-12-18/h6-15,20,24H,5H2,1-4H3/b22-15+/t20-,24-/m1/s1. The van der Waals surface area contributed by atoms with Gasteiger partial charge in [0.25, 0.3) is 11.5 Å². The molecule has 0 aliphatic carbocycles. The Morgan fingerprint density at radius 1 is 1.08 bits per heavy atom. The minimum atomic E-state index is -0.807. The maximum Gasteiger partial charge on any atom is 0.338 e. The highest BCUT2D eigenvalue weighted by molar-refractivity contribution is 7.07. The van der Waals surface area contributed by atoms with Gasteiger partial charge in [0.1, 0.15) is 17.7 Å². The van der Waals surface area contributed by atoms with Crippen molar-refractivity contribution in [2.24, 2.45) is 16.0 Å². The molecule has 2 aromatic carbocycles. The third-order valence-corrected chi connectivity index (χ3v) is 7.45. The Balaban J connectivity index is 1.66. The summed E-state index contributed by atoms with van der Waals surface area (Å²) in [5.74, 6) is -0.974. The Morgan fingerprint density at radius 3 is 2.50 bits per heavy atom. The average molecular weight is 531 g/mol. The fourth-order valence-corrected chi connectivity index (χ4v) is 5.73. The van der Waals surface area contributed by atoms with E-state index < -0.39 is 17.9 Å².